The summed E-state index contributed by atoms with van der Waals surface area (Å²) in [6, 6.07) is 39.0. The summed E-state index contributed by atoms with van der Waals surface area (Å²) in [6.07, 6.45) is 4.88. The molecule has 0 atom stereocenters. The predicted octanol–water partition coefficient (Wildman–Crippen LogP) is 25.6. The van der Waals surface area contributed by atoms with Crippen LogP contribution in [0.2, 0.25) is 10.0 Å². The van der Waals surface area contributed by atoms with Crippen molar-refractivity contribution in [2.45, 2.75) is 230 Å². The maximum atomic E-state index is 13.1. The molecule has 0 bridgehead atoms. The summed E-state index contributed by atoms with van der Waals surface area (Å²) in [5, 5.41) is 22.1. The summed E-state index contributed by atoms with van der Waals surface area (Å²) >= 11 is 12.0. The Morgan fingerprint density at radius 2 is 1.09 bits per heavy atom. The second kappa shape index (κ2) is 39.7. The molecule has 0 N–H and O–H groups in total. The Morgan fingerprint density at radius 3 is 1.61 bits per heavy atom. The summed E-state index contributed by atoms with van der Waals surface area (Å²) < 4.78 is 89.0. The molecular weight excluding hydrogens is 1340 g/mol. The van der Waals surface area contributed by atoms with E-state index in [0.29, 0.717) is 53.3 Å². The molecule has 19 heteroatoms. The molecule has 11 nitrogen and oxygen atoms in total. The van der Waals surface area contributed by atoms with Gasteiger partial charge in [0.15, 0.2) is 5.65 Å². The Bertz CT molecular complexity index is 4300. The molecule has 0 aliphatic heterocycles. The standard InChI is InChI=1S/C12H17N3.C12H15N.C11H14F2.C11H14N2.C10H13ClO.C10H13F.C9H15ClN2.C8H11F3N2/c1-8(2)10-5-11-7-14-15(9(3)4)12(11)13-6-10;1-9(2)10-5-4-6-12-11(10)7-8-13(12)3;1-8(2)9-6-4-5-7-10(9)11(3,12)13;1-8(2)11-9-6-4-5-7-10(9)13(3)12-11;1-7(2)9-6-8(12-3)4-5-10(9)11;1-7(2)10-6-9(11)5-4-8(10)3;1-6(2)9-8(10)5-11-12(9)7(3)4;1-6(2)7-3-4-12-13(7)5-8(9,10)11/h5-9H,1-4H3;4-9H,1-3H3;2*4-8H,1-3H3;4-7H,1-3H3;4-7H,1-3H3;5-7H,1-4H3;3-4,6H,5H2,1-2H3. The van der Waals surface area contributed by atoms with Crippen molar-refractivity contribution >= 4 is 56.0 Å². The van der Waals surface area contributed by atoms with Crippen LogP contribution in [0.15, 0.2) is 152 Å². The minimum atomic E-state index is -4.20. The van der Waals surface area contributed by atoms with E-state index in [0.717, 1.165) is 60.8 Å². The van der Waals surface area contributed by atoms with E-state index in [1.165, 1.54) is 62.5 Å². The van der Waals surface area contributed by atoms with E-state index in [2.05, 4.69) is 203 Å². The molecule has 0 amide bonds. The van der Waals surface area contributed by atoms with E-state index in [1.54, 1.807) is 43.6 Å². The number of hydrogen-bond donors (Lipinski definition) is 0. The van der Waals surface area contributed by atoms with Crippen molar-refractivity contribution in [3.05, 3.63) is 224 Å². The van der Waals surface area contributed by atoms with E-state index in [9.17, 15) is 26.3 Å². The van der Waals surface area contributed by atoms with Gasteiger partial charge in [-0.1, -0.05) is 195 Å². The average Bonchev–Trinajstić information content (AvgIpc) is 1.65. The first-order valence-electron chi connectivity index (χ1n) is 35.3. The van der Waals surface area contributed by atoms with Crippen molar-refractivity contribution in [1.82, 2.24) is 48.7 Å². The van der Waals surface area contributed by atoms with Crippen molar-refractivity contribution in [3.8, 4) is 5.75 Å². The van der Waals surface area contributed by atoms with Crippen LogP contribution in [-0.4, -0.2) is 62.0 Å². The van der Waals surface area contributed by atoms with Crippen LogP contribution < -0.4 is 4.74 Å². The number of hydrogen-bond acceptors (Lipinski definition) is 6. The molecule has 556 valence electrons. The number of aromatic nitrogens is 10. The lowest BCUT2D eigenvalue weighted by Crippen LogP contribution is -2.20. The number of nitrogens with zero attached hydrogens (tertiary/aromatic N) is 10. The van der Waals surface area contributed by atoms with E-state index in [4.69, 9.17) is 27.9 Å². The Balaban J connectivity index is 0.000000247. The van der Waals surface area contributed by atoms with Gasteiger partial charge in [0.2, 0.25) is 0 Å². The number of fused-ring (bicyclic) bond motifs is 3. The molecule has 0 fully saturated rings. The number of para-hydroxylation sites is 1. The first-order valence-corrected chi connectivity index (χ1v) is 36.0. The largest absolute Gasteiger partial charge is 0.497 e. The highest BCUT2D eigenvalue weighted by Gasteiger charge is 2.30. The zero-order valence-corrected chi connectivity index (χ0v) is 66.3. The summed E-state index contributed by atoms with van der Waals surface area (Å²) in [5.74, 6) is 1.08. The van der Waals surface area contributed by atoms with Gasteiger partial charge < -0.3 is 9.30 Å². The Morgan fingerprint density at radius 1 is 0.510 bits per heavy atom. The quantitative estimate of drug-likeness (QED) is 0.107. The lowest BCUT2D eigenvalue weighted by Gasteiger charge is -2.17. The van der Waals surface area contributed by atoms with Gasteiger partial charge in [-0.15, -0.1) is 0 Å². The van der Waals surface area contributed by atoms with Gasteiger partial charge in [0.05, 0.1) is 41.4 Å². The molecule has 11 rings (SSSR count). The number of pyridine rings is 1. The highest BCUT2D eigenvalue weighted by Crippen LogP contribution is 2.34. The maximum absolute atomic E-state index is 13.1. The summed E-state index contributed by atoms with van der Waals surface area (Å²) in [5.41, 5.74) is 13.4. The average molecular weight is 1450 g/mol. The molecule has 0 unspecified atom stereocenters. The fourth-order valence-corrected chi connectivity index (χ4v) is 12.0. The first-order chi connectivity index (χ1) is 47.6. The fourth-order valence-electron chi connectivity index (χ4n) is 11.3. The maximum Gasteiger partial charge on any atom is 0.408 e. The Labute approximate surface area is 614 Å². The Hall–Kier alpha value is -7.89. The van der Waals surface area contributed by atoms with Gasteiger partial charge in [-0.2, -0.15) is 33.6 Å². The number of halogens is 8. The third-order valence-electron chi connectivity index (χ3n) is 16.8. The molecule has 0 saturated carbocycles. The third-order valence-corrected chi connectivity index (χ3v) is 17.4. The number of ether oxygens (including phenoxy) is 1. The summed E-state index contributed by atoms with van der Waals surface area (Å²) in [4.78, 5) is 4.48. The van der Waals surface area contributed by atoms with Crippen LogP contribution in [0.5, 0.6) is 5.75 Å². The van der Waals surface area contributed by atoms with E-state index in [-0.39, 0.29) is 23.2 Å². The molecule has 6 heterocycles. The smallest absolute Gasteiger partial charge is 0.408 e. The minimum absolute atomic E-state index is 0.0600. The lowest BCUT2D eigenvalue weighted by molar-refractivity contribution is -0.143. The molecule has 0 aliphatic carbocycles. The number of benzene rings is 5. The number of rotatable bonds is 13. The summed E-state index contributed by atoms with van der Waals surface area (Å²) in [6.45, 7) is 43.7. The van der Waals surface area contributed by atoms with Crippen molar-refractivity contribution in [2.75, 3.05) is 7.11 Å². The molecule has 0 spiro atoms. The number of aryl methyl sites for hydroxylation is 3. The van der Waals surface area contributed by atoms with E-state index < -0.39 is 18.6 Å². The van der Waals surface area contributed by atoms with Gasteiger partial charge in [0.25, 0.3) is 5.92 Å². The molecule has 6 aromatic heterocycles. The molecule has 11 aromatic rings. The minimum Gasteiger partial charge on any atom is -0.497 e. The zero-order chi connectivity index (χ0) is 76.8. The van der Waals surface area contributed by atoms with E-state index in [1.807, 2.05) is 98.4 Å². The van der Waals surface area contributed by atoms with E-state index >= 15 is 0 Å². The Kier molecular flexibility index (Phi) is 33.7. The normalized spacial score (nSPS) is 11.5. The topological polar surface area (TPSA) is 98.3 Å². The van der Waals surface area contributed by atoms with Crippen molar-refractivity contribution in [3.63, 3.8) is 0 Å². The van der Waals surface area contributed by atoms with Crippen LogP contribution in [0.4, 0.5) is 26.3 Å². The van der Waals surface area contributed by atoms with Crippen LogP contribution in [-0.2, 0) is 26.6 Å². The van der Waals surface area contributed by atoms with Gasteiger partial charge in [-0.25, -0.2) is 22.8 Å². The first kappa shape index (κ1) is 86.5. The molecular formula is C83H112Cl2F6N10O. The zero-order valence-electron chi connectivity index (χ0n) is 64.8. The van der Waals surface area contributed by atoms with Gasteiger partial charge in [0.1, 0.15) is 18.1 Å². The number of methoxy groups -OCH3 is 1. The van der Waals surface area contributed by atoms with Crippen molar-refractivity contribution < 1.29 is 31.1 Å². The lowest BCUT2D eigenvalue weighted by atomic mass is 9.94. The fraction of sp³-hybridized carbons (Fsp3) is 0.458. The predicted molar refractivity (Wildman–Crippen MR) is 415 cm³/mol. The molecule has 102 heavy (non-hydrogen) atoms. The van der Waals surface area contributed by atoms with Gasteiger partial charge in [-0.05, 0) is 176 Å². The van der Waals surface area contributed by atoms with Crippen molar-refractivity contribution in [1.29, 1.82) is 0 Å². The highest BCUT2D eigenvalue weighted by atomic mass is 35.5. The molecule has 0 saturated heterocycles. The van der Waals surface area contributed by atoms with Crippen molar-refractivity contribution in [2.24, 2.45) is 14.1 Å². The van der Waals surface area contributed by atoms with Crippen LogP contribution in [0.1, 0.15) is 261 Å². The van der Waals surface area contributed by atoms with Gasteiger partial charge >= 0.3 is 6.18 Å². The van der Waals surface area contributed by atoms with Crippen LogP contribution in [0.3, 0.4) is 0 Å². The van der Waals surface area contributed by atoms with Gasteiger partial charge in [-0.3, -0.25) is 14.0 Å². The van der Waals surface area contributed by atoms with Gasteiger partial charge in [0, 0.05) is 89.6 Å². The second-order valence-electron chi connectivity index (χ2n) is 28.6. The SMILES string of the molecule is CC(C)c1c(Cl)cnn1C(C)C.CC(C)c1cccc2c1ccn2C.CC(C)c1ccccc1C(C)(F)F.CC(C)c1ccnn1CC(F)(F)F.CC(C)c1cnc2c(cnn2C(C)C)c1.CC(C)c1nn(C)c2ccccc12.COc1ccc(Cl)c(C(C)C)c1.Cc1ccc(F)cc1C(C)C. The molecule has 0 radical (unpaired) electrons. The van der Waals surface area contributed by atoms with Crippen LogP contribution in [0.25, 0.3) is 32.8 Å². The molecule has 0 aliphatic rings. The summed E-state index contributed by atoms with van der Waals surface area (Å²) in [7, 11) is 5.74. The van der Waals surface area contributed by atoms with Crippen LogP contribution in [0, 0.1) is 12.7 Å². The second-order valence-corrected chi connectivity index (χ2v) is 29.5. The molecule has 5 aromatic carbocycles. The highest BCUT2D eigenvalue weighted by molar-refractivity contribution is 6.31. The third kappa shape index (κ3) is 25.5. The number of alkyl halides is 5. The van der Waals surface area contributed by atoms with Crippen LogP contribution >= 0.6 is 23.2 Å². The monoisotopic (exact) mass is 1450 g/mol.